The van der Waals surface area contributed by atoms with Gasteiger partial charge in [0, 0.05) is 39.3 Å². The summed E-state index contributed by atoms with van der Waals surface area (Å²) in [5, 5.41) is 2.72. The number of nitrogens with zero attached hydrogens (tertiary/aromatic N) is 5. The molecule has 1 rings (SSSR count). The largest absolute Gasteiger partial charge is 1.00 e. The van der Waals surface area contributed by atoms with Crippen LogP contribution in [-0.4, -0.2) is 120 Å². The van der Waals surface area contributed by atoms with E-state index in [1.165, 1.54) is 0 Å². The molecule has 0 unspecified atom stereocenters. The van der Waals surface area contributed by atoms with Gasteiger partial charge in [-0.3, -0.25) is 4.90 Å². The van der Waals surface area contributed by atoms with E-state index in [1.54, 1.807) is 24.3 Å². The fourth-order valence-electron chi connectivity index (χ4n) is 1.85. The van der Waals surface area contributed by atoms with Gasteiger partial charge in [-0.05, 0) is 59.6 Å². The normalized spacial score (nSPS) is 11.5. The SMILES string of the molecule is CN(C)CCN(CCN(C)C)CCN(C)C.O=Nc1ccccc1.O=S(=O)([O-])C(F)(F)F.[Cu+]. The molecule has 14 heteroatoms. The van der Waals surface area contributed by atoms with Crippen molar-refractivity contribution in [1.82, 2.24) is 19.6 Å². The van der Waals surface area contributed by atoms with Gasteiger partial charge < -0.3 is 19.3 Å². The smallest absolute Gasteiger partial charge is 0.741 e. The predicted molar refractivity (Wildman–Crippen MR) is 120 cm³/mol. The van der Waals surface area contributed by atoms with Crippen molar-refractivity contribution >= 4 is 15.8 Å². The Balaban J connectivity index is -0.000000445. The average Bonchev–Trinajstić information content (AvgIpc) is 2.67. The maximum Gasteiger partial charge on any atom is 1.00 e. The summed E-state index contributed by atoms with van der Waals surface area (Å²) in [7, 11) is 6.72. The van der Waals surface area contributed by atoms with Crippen molar-refractivity contribution in [3.8, 4) is 0 Å². The minimum Gasteiger partial charge on any atom is -0.741 e. The molecule has 0 aromatic heterocycles. The minimum absolute atomic E-state index is 0. The quantitative estimate of drug-likeness (QED) is 0.189. The Morgan fingerprint density at radius 3 is 1.27 bits per heavy atom. The molecule has 0 spiro atoms. The first kappa shape index (κ1) is 36.4. The summed E-state index contributed by atoms with van der Waals surface area (Å²) in [4.78, 5) is 19.0. The summed E-state index contributed by atoms with van der Waals surface area (Å²) in [5.41, 5.74) is -5.17. The second-order valence-electron chi connectivity index (χ2n) is 7.58. The molecule has 0 aliphatic rings. The molecule has 0 amide bonds. The van der Waals surface area contributed by atoms with Crippen LogP contribution in [0.1, 0.15) is 0 Å². The zero-order valence-electron chi connectivity index (χ0n) is 19.8. The van der Waals surface area contributed by atoms with Gasteiger partial charge in [0.05, 0.1) is 0 Å². The van der Waals surface area contributed by atoms with Gasteiger partial charge in [0.2, 0.25) is 0 Å². The summed E-state index contributed by atoms with van der Waals surface area (Å²) in [6, 6.07) is 8.71. The number of halogens is 3. The van der Waals surface area contributed by atoms with Gasteiger partial charge in [-0.25, -0.2) is 8.42 Å². The Hall–Kier alpha value is -1.12. The van der Waals surface area contributed by atoms with E-state index in [2.05, 4.69) is 67.1 Å². The van der Waals surface area contributed by atoms with Crippen LogP contribution < -0.4 is 0 Å². The molecular formula is C19H35CuF3N5O4S. The van der Waals surface area contributed by atoms with E-state index < -0.39 is 15.6 Å². The van der Waals surface area contributed by atoms with Crippen LogP contribution in [0.15, 0.2) is 35.5 Å². The van der Waals surface area contributed by atoms with Gasteiger partial charge in [-0.2, -0.15) is 13.2 Å². The van der Waals surface area contributed by atoms with Crippen LogP contribution in [0.25, 0.3) is 0 Å². The van der Waals surface area contributed by atoms with Gasteiger partial charge in [-0.15, -0.1) is 4.91 Å². The van der Waals surface area contributed by atoms with Crippen molar-refractivity contribution in [3.63, 3.8) is 0 Å². The van der Waals surface area contributed by atoms with E-state index in [0.29, 0.717) is 5.69 Å². The van der Waals surface area contributed by atoms with Crippen LogP contribution >= 0.6 is 0 Å². The number of benzene rings is 1. The molecule has 0 saturated heterocycles. The molecule has 0 heterocycles. The maximum absolute atomic E-state index is 10.7. The standard InChI is InChI=1S/C12H30N4.C6H5NO.CHF3O3S.Cu/c1-13(2)7-10-16(11-8-14(3)4)12-9-15(5)6;8-7-6-4-2-1-3-5-6;2-1(3,4)8(5,6)7;/h7-12H2,1-6H3;1-5H;(H,5,6,7);/q;;;+1/p-1. The van der Waals surface area contributed by atoms with Crippen molar-refractivity contribution < 1.29 is 43.2 Å². The molecule has 0 N–H and O–H groups in total. The van der Waals surface area contributed by atoms with Crippen molar-refractivity contribution in [2.75, 3.05) is 81.6 Å². The van der Waals surface area contributed by atoms with Gasteiger partial charge in [-0.1, -0.05) is 18.2 Å². The third-order valence-electron chi connectivity index (χ3n) is 3.74. The molecule has 0 aliphatic heterocycles. The van der Waals surface area contributed by atoms with Crippen LogP contribution in [0.3, 0.4) is 0 Å². The Bertz CT molecular complexity index is 681. The molecule has 0 aliphatic carbocycles. The van der Waals surface area contributed by atoms with E-state index in [0.717, 1.165) is 39.3 Å². The number of hydrogen-bond acceptors (Lipinski definition) is 9. The van der Waals surface area contributed by atoms with Gasteiger partial charge in [0.15, 0.2) is 10.1 Å². The maximum atomic E-state index is 10.7. The van der Waals surface area contributed by atoms with E-state index in [4.69, 9.17) is 13.0 Å². The summed E-state index contributed by atoms with van der Waals surface area (Å²) in [6.45, 7) is 6.90. The van der Waals surface area contributed by atoms with Gasteiger partial charge in [0.25, 0.3) is 0 Å². The Morgan fingerprint density at radius 1 is 0.788 bits per heavy atom. The Kier molecular flexibility index (Phi) is 21.2. The van der Waals surface area contributed by atoms with Gasteiger partial charge in [0.1, 0.15) is 5.69 Å². The van der Waals surface area contributed by atoms with Crippen LogP contribution in [0.5, 0.6) is 0 Å². The van der Waals surface area contributed by atoms with E-state index in [9.17, 15) is 18.1 Å². The van der Waals surface area contributed by atoms with Crippen molar-refractivity contribution in [1.29, 1.82) is 0 Å². The van der Waals surface area contributed by atoms with Crippen molar-refractivity contribution in [2.24, 2.45) is 5.18 Å². The topological polar surface area (TPSA) is 99.6 Å². The third-order valence-corrected chi connectivity index (χ3v) is 4.30. The van der Waals surface area contributed by atoms with Crippen LogP contribution in [0.2, 0.25) is 0 Å². The Morgan fingerprint density at radius 2 is 1.09 bits per heavy atom. The Labute approximate surface area is 206 Å². The summed E-state index contributed by atoms with van der Waals surface area (Å²) in [6.07, 6.45) is 0. The summed E-state index contributed by atoms with van der Waals surface area (Å²) < 4.78 is 58.9. The molecule has 1 aromatic carbocycles. The van der Waals surface area contributed by atoms with E-state index in [1.807, 2.05) is 6.07 Å². The van der Waals surface area contributed by atoms with Gasteiger partial charge >= 0.3 is 22.6 Å². The third kappa shape index (κ3) is 23.8. The minimum atomic E-state index is -6.09. The first-order chi connectivity index (χ1) is 14.6. The van der Waals surface area contributed by atoms with Crippen LogP contribution in [0, 0.1) is 4.91 Å². The molecule has 0 saturated carbocycles. The first-order valence-electron chi connectivity index (χ1n) is 9.67. The van der Waals surface area contributed by atoms with Crippen molar-refractivity contribution in [2.45, 2.75) is 5.51 Å². The molecule has 0 atom stereocenters. The molecule has 0 fully saturated rings. The number of alkyl halides is 3. The average molecular weight is 550 g/mol. The van der Waals surface area contributed by atoms with E-state index in [-0.39, 0.29) is 17.1 Å². The first-order valence-corrected chi connectivity index (χ1v) is 11.1. The second-order valence-corrected chi connectivity index (χ2v) is 8.95. The van der Waals surface area contributed by atoms with E-state index >= 15 is 0 Å². The molecule has 0 radical (unpaired) electrons. The molecule has 1 aromatic rings. The molecule has 33 heavy (non-hydrogen) atoms. The molecule has 198 valence electrons. The number of hydrogen-bond donors (Lipinski definition) is 0. The molecule has 9 nitrogen and oxygen atoms in total. The fourth-order valence-corrected chi connectivity index (χ4v) is 1.85. The second kappa shape index (κ2) is 19.2. The zero-order valence-corrected chi connectivity index (χ0v) is 21.6. The molecule has 0 bridgehead atoms. The fraction of sp³-hybridized carbons (Fsp3) is 0.684. The summed E-state index contributed by atoms with van der Waals surface area (Å²) in [5.74, 6) is 0. The summed E-state index contributed by atoms with van der Waals surface area (Å²) >= 11 is 0. The number of rotatable bonds is 10. The molecular weight excluding hydrogens is 515 g/mol. The zero-order chi connectivity index (χ0) is 25.4. The number of likely N-dealkylation sites (N-methyl/N-ethyl adjacent to an activating group) is 3. The van der Waals surface area contributed by atoms with Crippen molar-refractivity contribution in [3.05, 3.63) is 35.2 Å². The van der Waals surface area contributed by atoms with Crippen LogP contribution in [-0.2, 0) is 27.2 Å². The monoisotopic (exact) mass is 549 g/mol. The number of nitroso groups, excluding NO2 is 1. The van der Waals surface area contributed by atoms with Crippen LogP contribution in [0.4, 0.5) is 18.9 Å². The predicted octanol–water partition coefficient (Wildman–Crippen LogP) is 2.11.